The molecule has 0 bridgehead atoms. The van der Waals surface area contributed by atoms with Gasteiger partial charge in [0, 0.05) is 0 Å². The standard InChI is InChI=1S/C13H23BrOS/c1-3-4-5-6-7-11(2)10-15-12-8-9-16-13(12)14/h8-9,11-13H,3-7,10H2,1-2H3/t11?,12-,13?/m1/s1. The maximum atomic E-state index is 5.88. The average Bonchev–Trinajstić information content (AvgIpc) is 2.67. The van der Waals surface area contributed by atoms with Crippen molar-refractivity contribution in [1.82, 2.24) is 0 Å². The van der Waals surface area contributed by atoms with Crippen molar-refractivity contribution in [2.24, 2.45) is 5.92 Å². The number of hydrogen-bond acceptors (Lipinski definition) is 2. The third kappa shape index (κ3) is 5.74. The second-order valence-corrected chi connectivity index (χ2v) is 7.21. The van der Waals surface area contributed by atoms with E-state index in [9.17, 15) is 0 Å². The number of rotatable bonds is 8. The highest BCUT2D eigenvalue weighted by Crippen LogP contribution is 2.31. The van der Waals surface area contributed by atoms with E-state index in [1.54, 1.807) is 11.8 Å². The summed E-state index contributed by atoms with van der Waals surface area (Å²) in [6, 6.07) is 0. The van der Waals surface area contributed by atoms with Crippen LogP contribution in [-0.4, -0.2) is 16.9 Å². The van der Waals surface area contributed by atoms with Gasteiger partial charge in [0.25, 0.3) is 0 Å². The van der Waals surface area contributed by atoms with Crippen molar-refractivity contribution >= 4 is 27.7 Å². The van der Waals surface area contributed by atoms with Crippen molar-refractivity contribution in [1.29, 1.82) is 0 Å². The van der Waals surface area contributed by atoms with E-state index in [4.69, 9.17) is 4.74 Å². The van der Waals surface area contributed by atoms with E-state index >= 15 is 0 Å². The third-order valence-electron chi connectivity index (χ3n) is 2.86. The van der Waals surface area contributed by atoms with Gasteiger partial charge >= 0.3 is 0 Å². The van der Waals surface area contributed by atoms with Gasteiger partial charge in [-0.3, -0.25) is 0 Å². The van der Waals surface area contributed by atoms with Crippen molar-refractivity contribution in [3.63, 3.8) is 0 Å². The second-order valence-electron chi connectivity index (χ2n) is 4.57. The number of hydrogen-bond donors (Lipinski definition) is 0. The Morgan fingerprint density at radius 2 is 2.19 bits per heavy atom. The van der Waals surface area contributed by atoms with E-state index in [0.29, 0.717) is 10.1 Å². The van der Waals surface area contributed by atoms with Crippen molar-refractivity contribution < 1.29 is 4.74 Å². The van der Waals surface area contributed by atoms with Gasteiger partial charge in [-0.2, -0.15) is 0 Å². The minimum atomic E-state index is 0.267. The summed E-state index contributed by atoms with van der Waals surface area (Å²) in [5.74, 6) is 0.690. The van der Waals surface area contributed by atoms with Gasteiger partial charge in [-0.05, 0) is 23.8 Å². The van der Waals surface area contributed by atoms with Crippen LogP contribution in [0.15, 0.2) is 11.5 Å². The molecule has 1 rings (SSSR count). The molecule has 1 aliphatic heterocycles. The van der Waals surface area contributed by atoms with Crippen LogP contribution in [0, 0.1) is 5.92 Å². The summed E-state index contributed by atoms with van der Waals surface area (Å²) in [4.78, 5) is 0. The van der Waals surface area contributed by atoms with Crippen LogP contribution in [0.2, 0.25) is 0 Å². The predicted octanol–water partition coefficient (Wildman–Crippen LogP) is 4.96. The molecule has 0 fully saturated rings. The fourth-order valence-electron chi connectivity index (χ4n) is 1.77. The first kappa shape index (κ1) is 14.6. The van der Waals surface area contributed by atoms with Gasteiger partial charge in [0.15, 0.2) is 0 Å². The fraction of sp³-hybridized carbons (Fsp3) is 0.846. The molecule has 1 heterocycles. The SMILES string of the molecule is CCCCCCC(C)CO[C@@H]1C=CSC1Br. The molecular weight excluding hydrogens is 284 g/mol. The number of alkyl halides is 1. The molecule has 3 heteroatoms. The van der Waals surface area contributed by atoms with Crippen LogP contribution in [0.4, 0.5) is 0 Å². The van der Waals surface area contributed by atoms with E-state index in [1.165, 1.54) is 32.1 Å². The Bertz CT molecular complexity index is 208. The zero-order chi connectivity index (χ0) is 11.8. The number of ether oxygens (including phenoxy) is 1. The molecule has 0 aromatic rings. The van der Waals surface area contributed by atoms with E-state index in [2.05, 4.69) is 41.3 Å². The molecule has 0 saturated heterocycles. The Morgan fingerprint density at radius 1 is 1.38 bits per heavy atom. The van der Waals surface area contributed by atoms with Crippen LogP contribution < -0.4 is 0 Å². The lowest BCUT2D eigenvalue weighted by atomic mass is 10.0. The highest BCUT2D eigenvalue weighted by molar-refractivity contribution is 9.11. The minimum absolute atomic E-state index is 0.267. The average molecular weight is 307 g/mol. The number of thioether (sulfide) groups is 1. The van der Waals surface area contributed by atoms with Crippen LogP contribution in [0.5, 0.6) is 0 Å². The van der Waals surface area contributed by atoms with Crippen LogP contribution in [0.1, 0.15) is 46.0 Å². The Balaban J connectivity index is 2.01. The molecule has 94 valence electrons. The predicted molar refractivity (Wildman–Crippen MR) is 77.1 cm³/mol. The van der Waals surface area contributed by atoms with Crippen molar-refractivity contribution in [2.75, 3.05) is 6.61 Å². The van der Waals surface area contributed by atoms with Crippen molar-refractivity contribution in [3.05, 3.63) is 11.5 Å². The van der Waals surface area contributed by atoms with Crippen LogP contribution in [0.3, 0.4) is 0 Å². The van der Waals surface area contributed by atoms with Gasteiger partial charge in [-0.25, -0.2) is 0 Å². The zero-order valence-corrected chi connectivity index (χ0v) is 12.7. The molecular formula is C13H23BrOS. The molecule has 0 aromatic carbocycles. The van der Waals surface area contributed by atoms with Gasteiger partial charge in [0.1, 0.15) is 0 Å². The Hall–Kier alpha value is 0.530. The molecule has 1 aliphatic rings. The molecule has 0 aromatic heterocycles. The topological polar surface area (TPSA) is 9.23 Å². The summed E-state index contributed by atoms with van der Waals surface area (Å²) in [5, 5.41) is 2.12. The van der Waals surface area contributed by atoms with Gasteiger partial charge in [0.05, 0.1) is 16.9 Å². The van der Waals surface area contributed by atoms with Crippen LogP contribution in [0.25, 0.3) is 0 Å². The van der Waals surface area contributed by atoms with Gasteiger partial charge in [-0.15, -0.1) is 11.8 Å². The van der Waals surface area contributed by atoms with Gasteiger partial charge in [0.2, 0.25) is 0 Å². The van der Waals surface area contributed by atoms with Crippen LogP contribution in [-0.2, 0) is 4.74 Å². The number of halogens is 1. The molecule has 0 spiro atoms. The fourth-order valence-corrected chi connectivity index (χ4v) is 3.19. The van der Waals surface area contributed by atoms with E-state index in [-0.39, 0.29) is 6.10 Å². The lowest BCUT2D eigenvalue weighted by Gasteiger charge is -2.17. The van der Waals surface area contributed by atoms with E-state index in [0.717, 1.165) is 6.61 Å². The van der Waals surface area contributed by atoms with Gasteiger partial charge in [-0.1, -0.05) is 55.5 Å². The number of unbranched alkanes of at least 4 members (excludes halogenated alkanes) is 3. The normalized spacial score (nSPS) is 26.2. The minimum Gasteiger partial charge on any atom is -0.372 e. The highest BCUT2D eigenvalue weighted by Gasteiger charge is 2.21. The molecule has 3 atom stereocenters. The summed E-state index contributed by atoms with van der Waals surface area (Å²) in [7, 11) is 0. The highest BCUT2D eigenvalue weighted by atomic mass is 79.9. The zero-order valence-electron chi connectivity index (χ0n) is 10.3. The lowest BCUT2D eigenvalue weighted by molar-refractivity contribution is 0.0695. The van der Waals surface area contributed by atoms with Crippen molar-refractivity contribution in [2.45, 2.75) is 56.2 Å². The molecule has 0 N–H and O–H groups in total. The summed E-state index contributed by atoms with van der Waals surface area (Å²) in [5.41, 5.74) is 0. The first-order valence-electron chi connectivity index (χ1n) is 6.31. The van der Waals surface area contributed by atoms with Crippen LogP contribution >= 0.6 is 27.7 Å². The quantitative estimate of drug-likeness (QED) is 0.463. The first-order valence-corrected chi connectivity index (χ1v) is 8.17. The molecule has 0 amide bonds. The third-order valence-corrected chi connectivity index (χ3v) is 4.87. The Morgan fingerprint density at radius 3 is 2.81 bits per heavy atom. The Labute approximate surface area is 113 Å². The Kier molecular flexibility index (Phi) is 7.84. The largest absolute Gasteiger partial charge is 0.372 e. The molecule has 2 unspecified atom stereocenters. The van der Waals surface area contributed by atoms with Crippen molar-refractivity contribution in [3.8, 4) is 0 Å². The monoisotopic (exact) mass is 306 g/mol. The van der Waals surface area contributed by atoms with Gasteiger partial charge < -0.3 is 4.74 Å². The lowest BCUT2D eigenvalue weighted by Crippen LogP contribution is -2.19. The molecule has 0 radical (unpaired) electrons. The molecule has 0 saturated carbocycles. The second kappa shape index (κ2) is 8.60. The summed E-state index contributed by atoms with van der Waals surface area (Å²) in [6.45, 7) is 5.44. The maximum Gasteiger partial charge on any atom is 0.0983 e. The maximum absolute atomic E-state index is 5.88. The van der Waals surface area contributed by atoms with E-state index in [1.807, 2.05) is 0 Å². The van der Waals surface area contributed by atoms with E-state index < -0.39 is 0 Å². The molecule has 0 aliphatic carbocycles. The smallest absolute Gasteiger partial charge is 0.0983 e. The molecule has 1 nitrogen and oxygen atoms in total. The summed E-state index contributed by atoms with van der Waals surface area (Å²) >= 11 is 5.40. The summed E-state index contributed by atoms with van der Waals surface area (Å²) in [6.07, 6.45) is 9.14. The molecule has 16 heavy (non-hydrogen) atoms. The first-order chi connectivity index (χ1) is 7.74. The summed E-state index contributed by atoms with van der Waals surface area (Å²) < 4.78 is 6.30.